The number of hydrogen-bond acceptors (Lipinski definition) is 4. The van der Waals surface area contributed by atoms with Crippen LogP contribution in [0.5, 0.6) is 0 Å². The fourth-order valence-corrected chi connectivity index (χ4v) is 2.34. The van der Waals surface area contributed by atoms with Gasteiger partial charge in [-0.3, -0.25) is 0 Å². The van der Waals surface area contributed by atoms with Crippen molar-refractivity contribution in [1.29, 1.82) is 0 Å². The number of aromatic nitrogens is 2. The van der Waals surface area contributed by atoms with E-state index in [1.165, 1.54) is 6.26 Å². The van der Waals surface area contributed by atoms with Gasteiger partial charge in [-0.1, -0.05) is 0 Å². The SMILES string of the molecule is CS(=O)(=O)n1ncc2c1CCNC2. The van der Waals surface area contributed by atoms with E-state index in [0.717, 1.165) is 28.3 Å². The van der Waals surface area contributed by atoms with E-state index in [4.69, 9.17) is 0 Å². The molecule has 0 saturated carbocycles. The summed E-state index contributed by atoms with van der Waals surface area (Å²) in [4.78, 5) is 0. The van der Waals surface area contributed by atoms with Gasteiger partial charge in [0.15, 0.2) is 0 Å². The molecule has 1 N–H and O–H groups in total. The molecule has 0 aliphatic carbocycles. The van der Waals surface area contributed by atoms with E-state index in [-0.39, 0.29) is 0 Å². The van der Waals surface area contributed by atoms with Gasteiger partial charge in [0.1, 0.15) is 0 Å². The lowest BCUT2D eigenvalue weighted by atomic mass is 10.1. The average molecular weight is 201 g/mol. The number of rotatable bonds is 1. The maximum Gasteiger partial charge on any atom is 0.251 e. The average Bonchev–Trinajstić information content (AvgIpc) is 2.45. The van der Waals surface area contributed by atoms with Crippen molar-refractivity contribution in [2.24, 2.45) is 0 Å². The third-order valence-corrected chi connectivity index (χ3v) is 3.03. The third kappa shape index (κ3) is 1.47. The molecule has 72 valence electrons. The fourth-order valence-electron chi connectivity index (χ4n) is 1.51. The van der Waals surface area contributed by atoms with Gasteiger partial charge < -0.3 is 5.32 Å². The highest BCUT2D eigenvalue weighted by Gasteiger charge is 2.19. The van der Waals surface area contributed by atoms with E-state index in [0.29, 0.717) is 6.54 Å². The van der Waals surface area contributed by atoms with Gasteiger partial charge in [-0.25, -0.2) is 8.42 Å². The first-order chi connectivity index (χ1) is 6.09. The van der Waals surface area contributed by atoms with Crippen LogP contribution in [0.15, 0.2) is 6.20 Å². The van der Waals surface area contributed by atoms with Crippen LogP contribution in [0.1, 0.15) is 11.3 Å². The first-order valence-electron chi connectivity index (χ1n) is 4.06. The minimum atomic E-state index is -3.22. The predicted molar refractivity (Wildman–Crippen MR) is 47.9 cm³/mol. The Hall–Kier alpha value is -0.880. The van der Waals surface area contributed by atoms with Gasteiger partial charge in [0.25, 0.3) is 10.0 Å². The van der Waals surface area contributed by atoms with Crippen molar-refractivity contribution in [2.75, 3.05) is 12.8 Å². The molecule has 2 heterocycles. The topological polar surface area (TPSA) is 64.0 Å². The van der Waals surface area contributed by atoms with Crippen molar-refractivity contribution in [3.05, 3.63) is 17.5 Å². The largest absolute Gasteiger partial charge is 0.312 e. The second-order valence-corrected chi connectivity index (χ2v) is 4.96. The Labute approximate surface area is 76.8 Å². The molecule has 0 radical (unpaired) electrons. The fraction of sp³-hybridized carbons (Fsp3) is 0.571. The second-order valence-electron chi connectivity index (χ2n) is 3.15. The van der Waals surface area contributed by atoms with Crippen LogP contribution >= 0.6 is 0 Å². The minimum Gasteiger partial charge on any atom is -0.312 e. The zero-order valence-electron chi connectivity index (χ0n) is 7.32. The van der Waals surface area contributed by atoms with E-state index >= 15 is 0 Å². The molecule has 0 fully saturated rings. The Morgan fingerprint density at radius 1 is 1.62 bits per heavy atom. The molecule has 0 amide bonds. The normalized spacial score (nSPS) is 17.0. The van der Waals surface area contributed by atoms with Crippen LogP contribution in [-0.2, 0) is 23.0 Å². The standard InChI is InChI=1S/C7H11N3O2S/c1-13(11,12)10-7-2-3-8-4-6(7)5-9-10/h5,8H,2-4H2,1H3. The summed E-state index contributed by atoms with van der Waals surface area (Å²) in [5.74, 6) is 0. The summed E-state index contributed by atoms with van der Waals surface area (Å²) in [7, 11) is -3.22. The molecule has 2 rings (SSSR count). The third-order valence-electron chi connectivity index (χ3n) is 2.09. The van der Waals surface area contributed by atoms with Crippen LogP contribution in [-0.4, -0.2) is 30.4 Å². The van der Waals surface area contributed by atoms with Gasteiger partial charge in [-0.15, -0.1) is 0 Å². The Kier molecular flexibility index (Phi) is 1.88. The summed E-state index contributed by atoms with van der Waals surface area (Å²) in [5, 5.41) is 7.02. The Morgan fingerprint density at radius 2 is 2.38 bits per heavy atom. The van der Waals surface area contributed by atoms with Gasteiger partial charge >= 0.3 is 0 Å². The van der Waals surface area contributed by atoms with Gasteiger partial charge in [0, 0.05) is 25.1 Å². The van der Waals surface area contributed by atoms with Gasteiger partial charge in [0.2, 0.25) is 0 Å². The highest BCUT2D eigenvalue weighted by Crippen LogP contribution is 2.14. The summed E-state index contributed by atoms with van der Waals surface area (Å²) < 4.78 is 23.6. The molecule has 0 aromatic carbocycles. The van der Waals surface area contributed by atoms with E-state index < -0.39 is 10.0 Å². The summed E-state index contributed by atoms with van der Waals surface area (Å²) in [6.45, 7) is 1.53. The van der Waals surface area contributed by atoms with E-state index in [1.54, 1.807) is 6.20 Å². The molecular formula is C7H11N3O2S. The van der Waals surface area contributed by atoms with Gasteiger partial charge in [-0.05, 0) is 0 Å². The number of nitrogens with zero attached hydrogens (tertiary/aromatic N) is 2. The molecule has 0 unspecified atom stereocenters. The molecule has 13 heavy (non-hydrogen) atoms. The molecule has 1 aliphatic heterocycles. The first-order valence-corrected chi connectivity index (χ1v) is 5.91. The van der Waals surface area contributed by atoms with Crippen LogP contribution < -0.4 is 5.32 Å². The summed E-state index contributed by atoms with van der Waals surface area (Å²) >= 11 is 0. The lowest BCUT2D eigenvalue weighted by Gasteiger charge is -2.13. The van der Waals surface area contributed by atoms with Crippen molar-refractivity contribution in [3.8, 4) is 0 Å². The molecule has 1 aromatic heterocycles. The Balaban J connectivity index is 2.55. The molecule has 5 nitrogen and oxygen atoms in total. The van der Waals surface area contributed by atoms with Crippen LogP contribution in [0, 0.1) is 0 Å². The number of nitrogens with one attached hydrogen (secondary N) is 1. The van der Waals surface area contributed by atoms with Crippen LogP contribution in [0.25, 0.3) is 0 Å². The molecule has 6 heteroatoms. The molecule has 0 bridgehead atoms. The second kappa shape index (κ2) is 2.81. The number of fused-ring (bicyclic) bond motifs is 1. The van der Waals surface area contributed by atoms with Gasteiger partial charge in [-0.2, -0.15) is 9.19 Å². The van der Waals surface area contributed by atoms with Crippen molar-refractivity contribution in [1.82, 2.24) is 14.5 Å². The van der Waals surface area contributed by atoms with Crippen molar-refractivity contribution >= 4 is 10.0 Å². The summed E-state index contributed by atoms with van der Waals surface area (Å²) in [5.41, 5.74) is 1.80. The van der Waals surface area contributed by atoms with E-state index in [9.17, 15) is 8.42 Å². The summed E-state index contributed by atoms with van der Waals surface area (Å²) in [6.07, 6.45) is 3.51. The minimum absolute atomic E-state index is 0.713. The Bertz CT molecular complexity index is 421. The predicted octanol–water partition coefficient (Wildman–Crippen LogP) is -0.664. The Morgan fingerprint density at radius 3 is 3.08 bits per heavy atom. The maximum absolute atomic E-state index is 11.2. The maximum atomic E-state index is 11.2. The zero-order valence-corrected chi connectivity index (χ0v) is 8.13. The lowest BCUT2D eigenvalue weighted by Crippen LogP contribution is -2.26. The van der Waals surface area contributed by atoms with Crippen molar-refractivity contribution in [3.63, 3.8) is 0 Å². The molecule has 1 aliphatic rings. The van der Waals surface area contributed by atoms with Crippen LogP contribution in [0.4, 0.5) is 0 Å². The van der Waals surface area contributed by atoms with Crippen molar-refractivity contribution in [2.45, 2.75) is 13.0 Å². The summed E-state index contributed by atoms with van der Waals surface area (Å²) in [6, 6.07) is 0. The van der Waals surface area contributed by atoms with E-state index in [1.807, 2.05) is 0 Å². The molecule has 0 spiro atoms. The van der Waals surface area contributed by atoms with Crippen molar-refractivity contribution < 1.29 is 8.42 Å². The quantitative estimate of drug-likeness (QED) is 0.655. The van der Waals surface area contributed by atoms with Crippen LogP contribution in [0.2, 0.25) is 0 Å². The number of hydrogen-bond donors (Lipinski definition) is 1. The smallest absolute Gasteiger partial charge is 0.251 e. The van der Waals surface area contributed by atoms with Gasteiger partial charge in [0.05, 0.1) is 18.1 Å². The molecule has 0 saturated heterocycles. The highest BCUT2D eigenvalue weighted by atomic mass is 32.2. The molecular weight excluding hydrogens is 190 g/mol. The van der Waals surface area contributed by atoms with Crippen LogP contribution in [0.3, 0.4) is 0 Å². The first kappa shape index (κ1) is 8.71. The van der Waals surface area contributed by atoms with E-state index in [2.05, 4.69) is 10.4 Å². The zero-order chi connectivity index (χ0) is 9.47. The monoisotopic (exact) mass is 201 g/mol. The molecule has 0 atom stereocenters. The lowest BCUT2D eigenvalue weighted by molar-refractivity contribution is 0.575. The highest BCUT2D eigenvalue weighted by molar-refractivity contribution is 7.89. The molecule has 1 aromatic rings.